The van der Waals surface area contributed by atoms with E-state index in [4.69, 9.17) is 0 Å². The van der Waals surface area contributed by atoms with Gasteiger partial charge in [-0.1, -0.05) is 12.1 Å². The lowest BCUT2D eigenvalue weighted by Crippen LogP contribution is -2.46. The number of carbonyl (C=O) groups excluding carboxylic acids is 1. The largest absolute Gasteiger partial charge is 0.392 e. The summed E-state index contributed by atoms with van der Waals surface area (Å²) in [5, 5.41) is 9.58. The van der Waals surface area contributed by atoms with E-state index in [9.17, 15) is 9.90 Å². The summed E-state index contributed by atoms with van der Waals surface area (Å²) in [7, 11) is 0. The Bertz CT molecular complexity index is 491. The molecule has 1 unspecified atom stereocenters. The molecule has 0 spiro atoms. The van der Waals surface area contributed by atoms with E-state index in [1.807, 2.05) is 28.0 Å². The average Bonchev–Trinajstić information content (AvgIpc) is 2.45. The summed E-state index contributed by atoms with van der Waals surface area (Å²) in [6.07, 6.45) is -0.426. The predicted octanol–water partition coefficient (Wildman–Crippen LogP) is 2.22. The zero-order valence-corrected chi connectivity index (χ0v) is 13.8. The molecule has 1 amide bonds. The number of thioether (sulfide) groups is 1. The second-order valence-electron chi connectivity index (χ2n) is 5.73. The van der Waals surface area contributed by atoms with Gasteiger partial charge in [-0.25, -0.2) is 0 Å². The first kappa shape index (κ1) is 16.3. The molecule has 1 aromatic rings. The van der Waals surface area contributed by atoms with Crippen LogP contribution in [-0.2, 0) is 4.79 Å². The third-order valence-corrected chi connectivity index (χ3v) is 4.64. The van der Waals surface area contributed by atoms with Crippen molar-refractivity contribution in [3.63, 3.8) is 0 Å². The highest BCUT2D eigenvalue weighted by Gasteiger charge is 2.25. The lowest BCUT2D eigenvalue weighted by atomic mass is 10.2. The lowest BCUT2D eigenvalue weighted by molar-refractivity contribution is -0.120. The van der Waals surface area contributed by atoms with Crippen molar-refractivity contribution in [3.8, 4) is 0 Å². The van der Waals surface area contributed by atoms with Gasteiger partial charge in [0.1, 0.15) is 0 Å². The van der Waals surface area contributed by atoms with Crippen LogP contribution in [0.25, 0.3) is 0 Å². The molecule has 0 aromatic heterocycles. The van der Waals surface area contributed by atoms with E-state index in [1.165, 1.54) is 4.90 Å². The van der Waals surface area contributed by atoms with Crippen molar-refractivity contribution in [3.05, 3.63) is 24.3 Å². The Labute approximate surface area is 131 Å². The lowest BCUT2D eigenvalue weighted by Gasteiger charge is -2.33. The van der Waals surface area contributed by atoms with Gasteiger partial charge >= 0.3 is 0 Å². The van der Waals surface area contributed by atoms with E-state index in [0.29, 0.717) is 13.1 Å². The van der Waals surface area contributed by atoms with Gasteiger partial charge in [-0.2, -0.15) is 0 Å². The van der Waals surface area contributed by atoms with Gasteiger partial charge in [-0.3, -0.25) is 9.69 Å². The monoisotopic (exact) mass is 308 g/mol. The summed E-state index contributed by atoms with van der Waals surface area (Å²) in [4.78, 5) is 17.7. The number of benzene rings is 1. The van der Waals surface area contributed by atoms with Crippen LogP contribution in [0.4, 0.5) is 5.69 Å². The van der Waals surface area contributed by atoms with Gasteiger partial charge < -0.3 is 10.0 Å². The topological polar surface area (TPSA) is 43.8 Å². The van der Waals surface area contributed by atoms with Crippen LogP contribution < -0.4 is 4.90 Å². The number of anilines is 1. The maximum atomic E-state index is 12.7. The van der Waals surface area contributed by atoms with Crippen molar-refractivity contribution in [2.45, 2.75) is 37.8 Å². The smallest absolute Gasteiger partial charge is 0.241 e. The van der Waals surface area contributed by atoms with Crippen LogP contribution >= 0.6 is 11.8 Å². The van der Waals surface area contributed by atoms with E-state index < -0.39 is 6.10 Å². The van der Waals surface area contributed by atoms with E-state index in [2.05, 4.69) is 19.9 Å². The Hall–Kier alpha value is -1.04. The molecule has 0 aliphatic carbocycles. The van der Waals surface area contributed by atoms with Crippen LogP contribution in [0.15, 0.2) is 29.2 Å². The van der Waals surface area contributed by atoms with Crippen LogP contribution in [0.5, 0.6) is 0 Å². The third kappa shape index (κ3) is 4.22. The highest BCUT2D eigenvalue weighted by Crippen LogP contribution is 2.34. The Morgan fingerprint density at radius 3 is 2.76 bits per heavy atom. The number of para-hydroxylation sites is 1. The molecule has 0 saturated carbocycles. The maximum absolute atomic E-state index is 12.7. The standard InChI is InChI=1S/C16H24N2O2S/c1-12(2)17(10-13(3)19)11-16(20)18-8-9-21-15-7-5-4-6-14(15)18/h4-7,12-13,19H,8-11H2,1-3H3. The Morgan fingerprint density at radius 1 is 1.38 bits per heavy atom. The molecule has 0 radical (unpaired) electrons. The van der Waals surface area contributed by atoms with Crippen molar-refractivity contribution in [2.75, 3.05) is 30.3 Å². The van der Waals surface area contributed by atoms with Crippen LogP contribution in [0.1, 0.15) is 20.8 Å². The van der Waals surface area contributed by atoms with Crippen molar-refractivity contribution in [1.82, 2.24) is 4.90 Å². The molecule has 1 aromatic carbocycles. The maximum Gasteiger partial charge on any atom is 0.241 e. The molecule has 1 heterocycles. The Balaban J connectivity index is 2.10. The zero-order chi connectivity index (χ0) is 15.4. The first-order valence-electron chi connectivity index (χ1n) is 7.43. The Kier molecular flexibility index (Phi) is 5.67. The molecular formula is C16H24N2O2S. The van der Waals surface area contributed by atoms with E-state index in [1.54, 1.807) is 18.7 Å². The number of aliphatic hydroxyl groups is 1. The van der Waals surface area contributed by atoms with E-state index >= 15 is 0 Å². The van der Waals surface area contributed by atoms with Gasteiger partial charge in [-0.15, -0.1) is 11.8 Å². The minimum atomic E-state index is -0.426. The van der Waals surface area contributed by atoms with Gasteiger partial charge in [0, 0.05) is 29.8 Å². The number of carbonyl (C=O) groups is 1. The van der Waals surface area contributed by atoms with Gasteiger partial charge in [0.05, 0.1) is 18.3 Å². The molecule has 21 heavy (non-hydrogen) atoms. The summed E-state index contributed by atoms with van der Waals surface area (Å²) in [6, 6.07) is 8.29. The molecule has 116 valence electrons. The molecule has 0 saturated heterocycles. The molecule has 2 rings (SSSR count). The fourth-order valence-electron chi connectivity index (χ4n) is 2.49. The average molecular weight is 308 g/mol. The van der Waals surface area contributed by atoms with Crippen molar-refractivity contribution in [1.29, 1.82) is 0 Å². The normalized spacial score (nSPS) is 16.2. The summed E-state index contributed by atoms with van der Waals surface area (Å²) in [5.41, 5.74) is 1.01. The summed E-state index contributed by atoms with van der Waals surface area (Å²) >= 11 is 1.80. The third-order valence-electron chi connectivity index (χ3n) is 3.60. The minimum absolute atomic E-state index is 0.108. The predicted molar refractivity (Wildman–Crippen MR) is 87.9 cm³/mol. The molecule has 1 aliphatic rings. The number of aliphatic hydroxyl groups excluding tert-OH is 1. The molecule has 1 N–H and O–H groups in total. The highest BCUT2D eigenvalue weighted by molar-refractivity contribution is 7.99. The number of hydrogen-bond donors (Lipinski definition) is 1. The first-order chi connectivity index (χ1) is 9.99. The summed E-state index contributed by atoms with van der Waals surface area (Å²) < 4.78 is 0. The van der Waals surface area contributed by atoms with Gasteiger partial charge in [0.15, 0.2) is 0 Å². The van der Waals surface area contributed by atoms with Crippen LogP contribution in [0.3, 0.4) is 0 Å². The van der Waals surface area contributed by atoms with Gasteiger partial charge in [-0.05, 0) is 32.9 Å². The fourth-order valence-corrected chi connectivity index (χ4v) is 3.48. The summed E-state index contributed by atoms with van der Waals surface area (Å²) in [6.45, 7) is 7.48. The molecule has 5 heteroatoms. The first-order valence-corrected chi connectivity index (χ1v) is 8.42. The number of fused-ring (bicyclic) bond motifs is 1. The van der Waals surface area contributed by atoms with Gasteiger partial charge in [0.2, 0.25) is 5.91 Å². The van der Waals surface area contributed by atoms with Gasteiger partial charge in [0.25, 0.3) is 0 Å². The van der Waals surface area contributed by atoms with E-state index in [-0.39, 0.29) is 11.9 Å². The number of rotatable bonds is 5. The van der Waals surface area contributed by atoms with Crippen LogP contribution in [0, 0.1) is 0 Å². The quantitative estimate of drug-likeness (QED) is 0.906. The minimum Gasteiger partial charge on any atom is -0.392 e. The van der Waals surface area contributed by atoms with E-state index in [0.717, 1.165) is 18.0 Å². The highest BCUT2D eigenvalue weighted by atomic mass is 32.2. The number of amides is 1. The Morgan fingerprint density at radius 2 is 2.10 bits per heavy atom. The molecule has 0 bridgehead atoms. The number of hydrogen-bond acceptors (Lipinski definition) is 4. The van der Waals surface area contributed by atoms with Crippen molar-refractivity contribution >= 4 is 23.4 Å². The second-order valence-corrected chi connectivity index (χ2v) is 6.87. The second kappa shape index (κ2) is 7.29. The molecule has 0 fully saturated rings. The molecule has 4 nitrogen and oxygen atoms in total. The van der Waals surface area contributed by atoms with Crippen molar-refractivity contribution < 1.29 is 9.90 Å². The SMILES string of the molecule is CC(O)CN(CC(=O)N1CCSc2ccccc21)C(C)C. The number of nitrogens with zero attached hydrogens (tertiary/aromatic N) is 2. The molecule has 1 atom stereocenters. The zero-order valence-electron chi connectivity index (χ0n) is 13.0. The summed E-state index contributed by atoms with van der Waals surface area (Å²) in [5.74, 6) is 1.04. The van der Waals surface area contributed by atoms with Crippen LogP contribution in [0.2, 0.25) is 0 Å². The van der Waals surface area contributed by atoms with Crippen molar-refractivity contribution in [2.24, 2.45) is 0 Å². The molecular weight excluding hydrogens is 284 g/mol. The fraction of sp³-hybridized carbons (Fsp3) is 0.562. The van der Waals surface area contributed by atoms with Crippen LogP contribution in [-0.4, -0.2) is 53.4 Å². The molecule has 1 aliphatic heterocycles.